The largest absolute Gasteiger partial charge is 0.373 e. The number of halogens is 1. The fraction of sp³-hybridized carbons (Fsp3) is 0.375. The minimum atomic E-state index is -3.21. The van der Waals surface area contributed by atoms with Crippen molar-refractivity contribution in [2.24, 2.45) is 0 Å². The number of amides is 1. The third kappa shape index (κ3) is 5.74. The number of nitrogens with one attached hydrogen (secondary N) is 1. The Labute approximate surface area is 152 Å². The van der Waals surface area contributed by atoms with Gasteiger partial charge in [-0.15, -0.1) is 0 Å². The summed E-state index contributed by atoms with van der Waals surface area (Å²) in [6.07, 6.45) is 2.65. The summed E-state index contributed by atoms with van der Waals surface area (Å²) in [5.74, 6) is -0.469. The number of benzene rings is 1. The van der Waals surface area contributed by atoms with Gasteiger partial charge in [0.15, 0.2) is 0 Å². The van der Waals surface area contributed by atoms with Crippen LogP contribution in [-0.4, -0.2) is 56.0 Å². The minimum Gasteiger partial charge on any atom is -0.373 e. The van der Waals surface area contributed by atoms with Crippen LogP contribution in [0.25, 0.3) is 0 Å². The van der Waals surface area contributed by atoms with E-state index in [1.807, 2.05) is 6.07 Å². The number of hydrogen-bond donors (Lipinski definition) is 1. The highest BCUT2D eigenvalue weighted by atomic mass is 35.5. The van der Waals surface area contributed by atoms with Crippen molar-refractivity contribution in [3.63, 3.8) is 0 Å². The molecule has 9 heteroatoms. The first-order valence-corrected chi connectivity index (χ1v) is 9.86. The summed E-state index contributed by atoms with van der Waals surface area (Å²) < 4.78 is 24.4. The van der Waals surface area contributed by atoms with Crippen LogP contribution < -0.4 is 5.32 Å². The van der Waals surface area contributed by atoms with Crippen LogP contribution in [0.4, 0.5) is 0 Å². The molecular weight excluding hydrogens is 364 g/mol. The van der Waals surface area contributed by atoms with Crippen LogP contribution >= 0.6 is 11.6 Å². The first-order valence-electron chi connectivity index (χ1n) is 7.63. The van der Waals surface area contributed by atoms with Gasteiger partial charge in [0.1, 0.15) is 11.6 Å². The van der Waals surface area contributed by atoms with Crippen LogP contribution in [0.15, 0.2) is 36.0 Å². The zero-order valence-corrected chi connectivity index (χ0v) is 15.3. The van der Waals surface area contributed by atoms with Gasteiger partial charge in [0.05, 0.1) is 6.26 Å². The molecule has 1 aromatic rings. The number of carbonyl (C=O) groups is 1. The van der Waals surface area contributed by atoms with Gasteiger partial charge in [0.2, 0.25) is 10.0 Å². The van der Waals surface area contributed by atoms with Gasteiger partial charge in [-0.2, -0.15) is 9.57 Å². The zero-order valence-electron chi connectivity index (χ0n) is 13.8. The maximum atomic E-state index is 12.2. The highest BCUT2D eigenvalue weighted by Crippen LogP contribution is 2.10. The van der Waals surface area contributed by atoms with Gasteiger partial charge in [-0.3, -0.25) is 4.79 Å². The van der Waals surface area contributed by atoms with Gasteiger partial charge in [0, 0.05) is 43.9 Å². The third-order valence-electron chi connectivity index (χ3n) is 3.79. The normalized spacial score (nSPS) is 16.4. The van der Waals surface area contributed by atoms with Gasteiger partial charge >= 0.3 is 0 Å². The maximum absolute atomic E-state index is 12.2. The molecule has 0 saturated carbocycles. The molecule has 7 nitrogen and oxygen atoms in total. The summed E-state index contributed by atoms with van der Waals surface area (Å²) in [5, 5.41) is 12.5. The van der Waals surface area contributed by atoms with E-state index in [4.69, 9.17) is 11.6 Å². The van der Waals surface area contributed by atoms with Crippen molar-refractivity contribution in [3.05, 3.63) is 46.6 Å². The summed E-state index contributed by atoms with van der Waals surface area (Å²) in [5.41, 5.74) is 0.860. The second kappa shape index (κ2) is 8.34. The molecule has 0 bridgehead atoms. The monoisotopic (exact) mass is 382 g/mol. The number of nitriles is 1. The Morgan fingerprint density at radius 2 is 1.88 bits per heavy atom. The maximum Gasteiger partial charge on any atom is 0.263 e. The molecule has 0 aromatic heterocycles. The summed E-state index contributed by atoms with van der Waals surface area (Å²) in [7, 11) is -3.21. The van der Waals surface area contributed by atoms with Gasteiger partial charge in [-0.05, 0) is 17.7 Å². The van der Waals surface area contributed by atoms with Crippen LogP contribution in [0.5, 0.6) is 0 Å². The Morgan fingerprint density at radius 1 is 1.28 bits per heavy atom. The first-order chi connectivity index (χ1) is 11.8. The number of nitrogens with zero attached hydrogens (tertiary/aromatic N) is 3. The summed E-state index contributed by atoms with van der Waals surface area (Å²) in [6.45, 7) is 1.82. The fourth-order valence-corrected chi connectivity index (χ4v) is 3.32. The third-order valence-corrected chi connectivity index (χ3v) is 5.34. The summed E-state index contributed by atoms with van der Waals surface area (Å²) in [6, 6.07) is 8.93. The highest BCUT2D eigenvalue weighted by molar-refractivity contribution is 7.88. The second-order valence-electron chi connectivity index (χ2n) is 5.66. The lowest BCUT2D eigenvalue weighted by atomic mass is 10.2. The molecule has 0 spiro atoms. The van der Waals surface area contributed by atoms with E-state index >= 15 is 0 Å². The van der Waals surface area contributed by atoms with E-state index in [2.05, 4.69) is 5.32 Å². The number of rotatable bonds is 5. The molecule has 0 unspecified atom stereocenters. The van der Waals surface area contributed by atoms with E-state index in [0.717, 1.165) is 5.56 Å². The van der Waals surface area contributed by atoms with Gasteiger partial charge in [-0.25, -0.2) is 8.42 Å². The number of carbonyl (C=O) groups excluding carboxylic acids is 1. The summed E-state index contributed by atoms with van der Waals surface area (Å²) in [4.78, 5) is 13.9. The molecule has 0 atom stereocenters. The Balaban J connectivity index is 1.92. The molecule has 1 aliphatic rings. The second-order valence-corrected chi connectivity index (χ2v) is 8.08. The van der Waals surface area contributed by atoms with Crippen molar-refractivity contribution in [2.45, 2.75) is 6.54 Å². The van der Waals surface area contributed by atoms with E-state index in [1.54, 1.807) is 29.2 Å². The SMILES string of the molecule is CS(=O)(=O)N1CCN(/C=C(/C#N)C(=O)NCc2ccc(Cl)cc2)CC1. The molecule has 1 amide bonds. The van der Waals surface area contributed by atoms with Gasteiger partial charge in [-0.1, -0.05) is 23.7 Å². The van der Waals surface area contributed by atoms with E-state index in [9.17, 15) is 18.5 Å². The predicted octanol–water partition coefficient (Wildman–Crippen LogP) is 0.941. The molecule has 1 fully saturated rings. The van der Waals surface area contributed by atoms with Crippen molar-refractivity contribution < 1.29 is 13.2 Å². The molecule has 0 aliphatic carbocycles. The summed E-state index contributed by atoms with van der Waals surface area (Å²) >= 11 is 5.81. The van der Waals surface area contributed by atoms with Crippen molar-refractivity contribution in [1.29, 1.82) is 5.26 Å². The van der Waals surface area contributed by atoms with E-state index in [-0.39, 0.29) is 12.1 Å². The van der Waals surface area contributed by atoms with Crippen molar-refractivity contribution in [2.75, 3.05) is 32.4 Å². The zero-order chi connectivity index (χ0) is 18.4. The number of hydrogen-bond acceptors (Lipinski definition) is 5. The standard InChI is InChI=1S/C16H19ClN4O3S/c1-25(23,24)21-8-6-20(7-9-21)12-14(10-18)16(22)19-11-13-2-4-15(17)5-3-13/h2-5,12H,6-9,11H2,1H3,(H,19,22)/b14-12-. The topological polar surface area (TPSA) is 93.5 Å². The smallest absolute Gasteiger partial charge is 0.263 e. The van der Waals surface area contributed by atoms with Crippen molar-refractivity contribution >= 4 is 27.5 Å². The predicted molar refractivity (Wildman–Crippen MR) is 95.0 cm³/mol. The molecular formula is C16H19ClN4O3S. The average molecular weight is 383 g/mol. The highest BCUT2D eigenvalue weighted by Gasteiger charge is 2.22. The van der Waals surface area contributed by atoms with E-state index < -0.39 is 15.9 Å². The number of sulfonamides is 1. The van der Waals surface area contributed by atoms with Crippen molar-refractivity contribution in [1.82, 2.24) is 14.5 Å². The molecule has 134 valence electrons. The van der Waals surface area contributed by atoms with E-state index in [1.165, 1.54) is 16.8 Å². The quantitative estimate of drug-likeness (QED) is 0.604. The molecule has 0 radical (unpaired) electrons. The van der Waals surface area contributed by atoms with Crippen LogP contribution in [0.1, 0.15) is 5.56 Å². The fourth-order valence-electron chi connectivity index (χ4n) is 2.36. The van der Waals surface area contributed by atoms with Crippen LogP contribution in [0.3, 0.4) is 0 Å². The molecule has 25 heavy (non-hydrogen) atoms. The average Bonchev–Trinajstić information content (AvgIpc) is 2.58. The molecule has 1 heterocycles. The first kappa shape index (κ1) is 19.2. The number of piperazine rings is 1. The van der Waals surface area contributed by atoms with Crippen LogP contribution in [0.2, 0.25) is 5.02 Å². The van der Waals surface area contributed by atoms with Crippen LogP contribution in [-0.2, 0) is 21.4 Å². The Bertz CT molecular complexity index is 792. The Kier molecular flexibility index (Phi) is 6.42. The molecule has 2 rings (SSSR count). The molecule has 1 aliphatic heterocycles. The Morgan fingerprint density at radius 3 is 2.40 bits per heavy atom. The molecule has 1 aromatic carbocycles. The Hall–Kier alpha value is -2.08. The van der Waals surface area contributed by atoms with Gasteiger partial charge in [0.25, 0.3) is 5.91 Å². The van der Waals surface area contributed by atoms with Crippen molar-refractivity contribution in [3.8, 4) is 6.07 Å². The molecule has 1 N–H and O–H groups in total. The van der Waals surface area contributed by atoms with E-state index in [0.29, 0.717) is 31.2 Å². The van der Waals surface area contributed by atoms with Gasteiger partial charge < -0.3 is 10.2 Å². The lowest BCUT2D eigenvalue weighted by Crippen LogP contribution is -2.46. The minimum absolute atomic E-state index is 0.0123. The van der Waals surface area contributed by atoms with Crippen LogP contribution in [0, 0.1) is 11.3 Å². The lowest BCUT2D eigenvalue weighted by Gasteiger charge is -2.32. The molecule has 1 saturated heterocycles. The lowest BCUT2D eigenvalue weighted by molar-refractivity contribution is -0.117.